The summed E-state index contributed by atoms with van der Waals surface area (Å²) in [5.41, 5.74) is 0. The van der Waals surface area contributed by atoms with Gasteiger partial charge in [-0.25, -0.2) is 4.79 Å². The van der Waals surface area contributed by atoms with Crippen molar-refractivity contribution in [2.75, 3.05) is 27.2 Å². The zero-order valence-electron chi connectivity index (χ0n) is 9.43. The number of urea groups is 1. The van der Waals surface area contributed by atoms with E-state index in [-0.39, 0.29) is 12.6 Å². The standard InChI is InChI=1S/C10H18N2O3/c1-5-6-11(3)10(15)12(4)7-8(2)9(13)14/h5,8H,1,6-7H2,2-4H3,(H,13,14). The fourth-order valence-electron chi connectivity index (χ4n) is 1.13. The molecular formula is C10H18N2O3. The van der Waals surface area contributed by atoms with Gasteiger partial charge in [0.25, 0.3) is 0 Å². The predicted molar refractivity (Wildman–Crippen MR) is 57.7 cm³/mol. The first kappa shape index (κ1) is 13.5. The first-order valence-corrected chi connectivity index (χ1v) is 4.70. The predicted octanol–water partition coefficient (Wildman–Crippen LogP) is 0.877. The van der Waals surface area contributed by atoms with Crippen molar-refractivity contribution >= 4 is 12.0 Å². The molecule has 0 aromatic rings. The summed E-state index contributed by atoms with van der Waals surface area (Å²) < 4.78 is 0. The van der Waals surface area contributed by atoms with Gasteiger partial charge in [0, 0.05) is 27.2 Å². The summed E-state index contributed by atoms with van der Waals surface area (Å²) in [5, 5.41) is 8.69. The van der Waals surface area contributed by atoms with Crippen LogP contribution >= 0.6 is 0 Å². The Balaban J connectivity index is 4.20. The summed E-state index contributed by atoms with van der Waals surface area (Å²) >= 11 is 0. The number of aliphatic carboxylic acids is 1. The van der Waals surface area contributed by atoms with Gasteiger partial charge >= 0.3 is 12.0 Å². The SMILES string of the molecule is C=CCN(C)C(=O)N(C)CC(C)C(=O)O. The molecule has 86 valence electrons. The summed E-state index contributed by atoms with van der Waals surface area (Å²) in [6.45, 7) is 5.75. The molecule has 0 aromatic heterocycles. The minimum absolute atomic E-state index is 0.204. The molecule has 2 amide bonds. The molecule has 0 fully saturated rings. The Morgan fingerprint density at radius 1 is 1.40 bits per heavy atom. The molecule has 0 aliphatic rings. The van der Waals surface area contributed by atoms with Gasteiger partial charge in [-0.05, 0) is 0 Å². The number of carboxylic acid groups (broad SMARTS) is 1. The fourth-order valence-corrected chi connectivity index (χ4v) is 1.13. The Kier molecular flexibility index (Phi) is 5.44. The lowest BCUT2D eigenvalue weighted by Gasteiger charge is -2.25. The van der Waals surface area contributed by atoms with Gasteiger partial charge in [-0.3, -0.25) is 4.79 Å². The quantitative estimate of drug-likeness (QED) is 0.691. The zero-order valence-corrected chi connectivity index (χ0v) is 9.43. The molecule has 5 nitrogen and oxygen atoms in total. The number of carbonyl (C=O) groups is 2. The molecule has 0 saturated heterocycles. The maximum Gasteiger partial charge on any atom is 0.319 e. The number of hydrogen-bond donors (Lipinski definition) is 1. The number of hydrogen-bond acceptors (Lipinski definition) is 2. The summed E-state index contributed by atoms with van der Waals surface area (Å²) in [4.78, 5) is 25.1. The van der Waals surface area contributed by atoms with Crippen LogP contribution in [0.2, 0.25) is 0 Å². The Hall–Kier alpha value is -1.52. The van der Waals surface area contributed by atoms with Crippen molar-refractivity contribution < 1.29 is 14.7 Å². The monoisotopic (exact) mass is 214 g/mol. The molecule has 0 saturated carbocycles. The van der Waals surface area contributed by atoms with Gasteiger partial charge in [0.15, 0.2) is 0 Å². The first-order valence-electron chi connectivity index (χ1n) is 4.70. The largest absolute Gasteiger partial charge is 0.481 e. The Bertz CT molecular complexity index is 253. The maximum atomic E-state index is 11.6. The number of rotatable bonds is 5. The van der Waals surface area contributed by atoms with Crippen LogP contribution in [0.3, 0.4) is 0 Å². The second-order valence-electron chi connectivity index (χ2n) is 3.57. The van der Waals surface area contributed by atoms with Gasteiger partial charge in [0.05, 0.1) is 5.92 Å². The topological polar surface area (TPSA) is 60.9 Å². The lowest BCUT2D eigenvalue weighted by Crippen LogP contribution is -2.41. The third-order valence-electron chi connectivity index (χ3n) is 2.03. The van der Waals surface area contributed by atoms with Crippen LogP contribution in [0, 0.1) is 5.92 Å². The molecule has 5 heteroatoms. The lowest BCUT2D eigenvalue weighted by molar-refractivity contribution is -0.141. The molecule has 0 bridgehead atoms. The van der Waals surface area contributed by atoms with E-state index >= 15 is 0 Å². The number of carboxylic acids is 1. The molecule has 0 spiro atoms. The normalized spacial score (nSPS) is 11.7. The van der Waals surface area contributed by atoms with Crippen molar-refractivity contribution in [3.63, 3.8) is 0 Å². The van der Waals surface area contributed by atoms with E-state index < -0.39 is 11.9 Å². The lowest BCUT2D eigenvalue weighted by atomic mass is 10.2. The van der Waals surface area contributed by atoms with E-state index in [0.29, 0.717) is 6.54 Å². The number of nitrogens with zero attached hydrogens (tertiary/aromatic N) is 2. The van der Waals surface area contributed by atoms with E-state index in [1.54, 1.807) is 27.1 Å². The molecular weight excluding hydrogens is 196 g/mol. The average Bonchev–Trinajstić information content (AvgIpc) is 2.16. The summed E-state index contributed by atoms with van der Waals surface area (Å²) in [5.74, 6) is -1.46. The van der Waals surface area contributed by atoms with Crippen molar-refractivity contribution in [1.29, 1.82) is 0 Å². The highest BCUT2D eigenvalue weighted by Crippen LogP contribution is 2.01. The van der Waals surface area contributed by atoms with Crippen LogP contribution in [-0.2, 0) is 4.79 Å². The van der Waals surface area contributed by atoms with Gasteiger partial charge in [0.1, 0.15) is 0 Å². The molecule has 0 radical (unpaired) electrons. The summed E-state index contributed by atoms with van der Waals surface area (Å²) in [6.07, 6.45) is 1.62. The molecule has 15 heavy (non-hydrogen) atoms. The average molecular weight is 214 g/mol. The van der Waals surface area contributed by atoms with Crippen molar-refractivity contribution in [1.82, 2.24) is 9.80 Å². The fraction of sp³-hybridized carbons (Fsp3) is 0.600. The minimum Gasteiger partial charge on any atom is -0.481 e. The van der Waals surface area contributed by atoms with Crippen LogP contribution in [0.25, 0.3) is 0 Å². The Morgan fingerprint density at radius 3 is 2.33 bits per heavy atom. The smallest absolute Gasteiger partial charge is 0.319 e. The minimum atomic E-state index is -0.902. The van der Waals surface area contributed by atoms with E-state index in [0.717, 1.165) is 0 Å². The molecule has 1 unspecified atom stereocenters. The van der Waals surface area contributed by atoms with Crippen molar-refractivity contribution in [2.45, 2.75) is 6.92 Å². The van der Waals surface area contributed by atoms with Crippen molar-refractivity contribution in [3.8, 4) is 0 Å². The molecule has 0 aliphatic heterocycles. The zero-order chi connectivity index (χ0) is 12.0. The number of amides is 2. The Labute approximate surface area is 90.0 Å². The second kappa shape index (κ2) is 6.06. The van der Waals surface area contributed by atoms with E-state index in [2.05, 4.69) is 6.58 Å². The van der Waals surface area contributed by atoms with Gasteiger partial charge in [-0.2, -0.15) is 0 Å². The third-order valence-corrected chi connectivity index (χ3v) is 2.03. The Morgan fingerprint density at radius 2 is 1.93 bits per heavy atom. The molecule has 0 aromatic carbocycles. The molecule has 1 atom stereocenters. The molecule has 0 heterocycles. The van der Waals surface area contributed by atoms with Crippen LogP contribution in [0.15, 0.2) is 12.7 Å². The molecule has 0 aliphatic carbocycles. The highest BCUT2D eigenvalue weighted by atomic mass is 16.4. The van der Waals surface area contributed by atoms with E-state index in [4.69, 9.17) is 5.11 Å². The van der Waals surface area contributed by atoms with Crippen LogP contribution in [-0.4, -0.2) is 54.1 Å². The van der Waals surface area contributed by atoms with Gasteiger partial charge in [-0.1, -0.05) is 13.0 Å². The number of carbonyl (C=O) groups excluding carboxylic acids is 1. The van der Waals surface area contributed by atoms with Crippen LogP contribution in [0.1, 0.15) is 6.92 Å². The highest BCUT2D eigenvalue weighted by molar-refractivity contribution is 5.75. The summed E-state index contributed by atoms with van der Waals surface area (Å²) in [6, 6.07) is -0.206. The van der Waals surface area contributed by atoms with Crippen molar-refractivity contribution in [2.24, 2.45) is 5.92 Å². The first-order chi connectivity index (χ1) is 6.90. The van der Waals surface area contributed by atoms with Crippen LogP contribution in [0.5, 0.6) is 0 Å². The van der Waals surface area contributed by atoms with E-state index in [9.17, 15) is 9.59 Å². The molecule has 1 N–H and O–H groups in total. The van der Waals surface area contributed by atoms with Crippen molar-refractivity contribution in [3.05, 3.63) is 12.7 Å². The molecule has 0 rings (SSSR count). The second-order valence-corrected chi connectivity index (χ2v) is 3.57. The van der Waals surface area contributed by atoms with E-state index in [1.165, 1.54) is 9.80 Å². The number of likely N-dealkylation sites (N-methyl/N-ethyl adjacent to an activating group) is 1. The van der Waals surface area contributed by atoms with Gasteiger partial charge < -0.3 is 14.9 Å². The van der Waals surface area contributed by atoms with E-state index in [1.807, 2.05) is 0 Å². The van der Waals surface area contributed by atoms with Crippen LogP contribution in [0.4, 0.5) is 4.79 Å². The van der Waals surface area contributed by atoms with Crippen LogP contribution < -0.4 is 0 Å². The third kappa shape index (κ3) is 4.49. The van der Waals surface area contributed by atoms with Gasteiger partial charge in [-0.15, -0.1) is 6.58 Å². The maximum absolute atomic E-state index is 11.6. The summed E-state index contributed by atoms with van der Waals surface area (Å²) in [7, 11) is 3.23. The highest BCUT2D eigenvalue weighted by Gasteiger charge is 2.19. The van der Waals surface area contributed by atoms with Gasteiger partial charge in [0.2, 0.25) is 0 Å².